The molecule has 31 heavy (non-hydrogen) atoms. The molecule has 7 nitrogen and oxygen atoms in total. The van der Waals surface area contributed by atoms with Gasteiger partial charge in [0.05, 0.1) is 24.7 Å². The van der Waals surface area contributed by atoms with Gasteiger partial charge in [-0.1, -0.05) is 18.2 Å². The quantitative estimate of drug-likeness (QED) is 0.154. The van der Waals surface area contributed by atoms with Gasteiger partial charge < -0.3 is 14.6 Å². The minimum absolute atomic E-state index is 0.00275. The van der Waals surface area contributed by atoms with Crippen molar-refractivity contribution in [3.05, 3.63) is 76.4 Å². The maximum atomic E-state index is 11.9. The van der Waals surface area contributed by atoms with E-state index in [1.165, 1.54) is 18.2 Å². The van der Waals surface area contributed by atoms with Gasteiger partial charge in [-0.3, -0.25) is 14.9 Å². The molecule has 0 aliphatic rings. The second kappa shape index (κ2) is 13.6. The van der Waals surface area contributed by atoms with Crippen LogP contribution in [-0.4, -0.2) is 35.0 Å². The van der Waals surface area contributed by atoms with E-state index >= 15 is 0 Å². The molecule has 0 saturated carbocycles. The van der Waals surface area contributed by atoms with Gasteiger partial charge in [-0.15, -0.1) is 0 Å². The average molecular weight is 446 g/mol. The van der Waals surface area contributed by atoms with E-state index in [-0.39, 0.29) is 10.8 Å². The summed E-state index contributed by atoms with van der Waals surface area (Å²) in [7, 11) is 1.63. The van der Waals surface area contributed by atoms with Gasteiger partial charge in [-0.05, 0) is 73.4 Å². The number of nitrogens with zero attached hydrogens (tertiary/aromatic N) is 1. The van der Waals surface area contributed by atoms with E-state index in [0.29, 0.717) is 37.4 Å². The Hall–Kier alpha value is -2.68. The molecule has 1 atom stereocenters. The first-order valence-electron chi connectivity index (χ1n) is 9.99. The molecule has 0 spiro atoms. The Morgan fingerprint density at radius 1 is 1.16 bits per heavy atom. The Balaban J connectivity index is 1.54. The first kappa shape index (κ1) is 24.6. The van der Waals surface area contributed by atoms with Crippen LogP contribution >= 0.6 is 11.8 Å². The molecular weight excluding hydrogens is 418 g/mol. The van der Waals surface area contributed by atoms with E-state index in [1.807, 2.05) is 24.3 Å². The first-order valence-corrected chi connectivity index (χ1v) is 10.8. The fourth-order valence-electron chi connectivity index (χ4n) is 2.71. The molecular formula is C23H27NO6S. The largest absolute Gasteiger partial charge is 0.497 e. The molecule has 0 amide bonds. The molecule has 1 N–H and O–H groups in total. The molecule has 0 saturated heterocycles. The van der Waals surface area contributed by atoms with Crippen LogP contribution in [-0.2, 0) is 16.1 Å². The Morgan fingerprint density at radius 2 is 1.87 bits per heavy atom. The van der Waals surface area contributed by atoms with Gasteiger partial charge in [0.15, 0.2) is 0 Å². The number of non-ortho nitro benzene ring substituents is 1. The number of allylic oxidation sites excluding steroid dienone is 1. The number of methoxy groups -OCH3 is 1. The molecule has 0 heterocycles. The zero-order chi connectivity index (χ0) is 22.5. The number of rotatable bonds is 13. The van der Waals surface area contributed by atoms with E-state index in [2.05, 4.69) is 0 Å². The standard InChI is InChI=1S/C23H27NO6S/c1-29-21-11-7-18(8-12-21)17-30-16-15-20(25)5-3-2-4-6-23(26)31-22-13-9-19(10-14-22)24(27)28/h4,6-14,20,25H,2-3,5,15-17H2,1H3/b6-4+. The predicted octanol–water partition coefficient (Wildman–Crippen LogP) is 4.92. The maximum Gasteiger partial charge on any atom is 0.269 e. The number of nitro groups is 1. The lowest BCUT2D eigenvalue weighted by atomic mass is 10.1. The van der Waals surface area contributed by atoms with Crippen molar-refractivity contribution in [2.45, 2.75) is 43.3 Å². The maximum absolute atomic E-state index is 11.9. The van der Waals surface area contributed by atoms with Crippen molar-refractivity contribution in [1.29, 1.82) is 0 Å². The van der Waals surface area contributed by atoms with Crippen LogP contribution in [0.2, 0.25) is 0 Å². The lowest BCUT2D eigenvalue weighted by Crippen LogP contribution is -2.10. The Kier molecular flexibility index (Phi) is 10.8. The summed E-state index contributed by atoms with van der Waals surface area (Å²) in [5.41, 5.74) is 1.05. The summed E-state index contributed by atoms with van der Waals surface area (Å²) >= 11 is 1.02. The van der Waals surface area contributed by atoms with Gasteiger partial charge in [0, 0.05) is 23.6 Å². The highest BCUT2D eigenvalue weighted by Gasteiger charge is 2.07. The summed E-state index contributed by atoms with van der Waals surface area (Å²) in [5.74, 6) is 0.805. The summed E-state index contributed by atoms with van der Waals surface area (Å²) in [6.07, 6.45) is 5.51. The Morgan fingerprint density at radius 3 is 2.52 bits per heavy atom. The van der Waals surface area contributed by atoms with Crippen molar-refractivity contribution >= 4 is 22.6 Å². The summed E-state index contributed by atoms with van der Waals surface area (Å²) in [4.78, 5) is 22.7. The van der Waals surface area contributed by atoms with Crippen LogP contribution in [0.5, 0.6) is 5.75 Å². The summed E-state index contributed by atoms with van der Waals surface area (Å²) in [6, 6.07) is 13.5. The van der Waals surface area contributed by atoms with Crippen LogP contribution in [0.1, 0.15) is 31.2 Å². The molecule has 2 rings (SSSR count). The topological polar surface area (TPSA) is 98.9 Å². The first-order chi connectivity index (χ1) is 15.0. The monoisotopic (exact) mass is 445 g/mol. The van der Waals surface area contributed by atoms with Crippen molar-refractivity contribution in [3.8, 4) is 5.75 Å². The van der Waals surface area contributed by atoms with Crippen molar-refractivity contribution in [2.75, 3.05) is 13.7 Å². The van der Waals surface area contributed by atoms with Crippen molar-refractivity contribution < 1.29 is 24.3 Å². The third-order valence-corrected chi connectivity index (χ3v) is 5.30. The molecule has 8 heteroatoms. The van der Waals surface area contributed by atoms with Gasteiger partial charge in [-0.2, -0.15) is 0 Å². The number of carbonyl (C=O) groups excluding carboxylic acids is 1. The molecule has 0 aliphatic carbocycles. The number of hydrogen-bond donors (Lipinski definition) is 1. The molecule has 166 valence electrons. The van der Waals surface area contributed by atoms with Crippen LogP contribution in [0.4, 0.5) is 5.69 Å². The number of benzene rings is 2. The fourth-order valence-corrected chi connectivity index (χ4v) is 3.38. The molecule has 0 aliphatic heterocycles. The number of nitro benzene ring substituents is 1. The number of hydrogen-bond acceptors (Lipinski definition) is 7. The zero-order valence-electron chi connectivity index (χ0n) is 17.4. The average Bonchev–Trinajstić information content (AvgIpc) is 2.77. The normalized spacial score (nSPS) is 12.1. The molecule has 1 unspecified atom stereocenters. The van der Waals surface area contributed by atoms with E-state index in [9.17, 15) is 20.0 Å². The van der Waals surface area contributed by atoms with Gasteiger partial charge in [0.2, 0.25) is 5.12 Å². The van der Waals surface area contributed by atoms with Crippen LogP contribution in [0.15, 0.2) is 65.6 Å². The van der Waals surface area contributed by atoms with E-state index in [4.69, 9.17) is 9.47 Å². The molecule has 0 radical (unpaired) electrons. The Bertz CT molecular complexity index is 851. The lowest BCUT2D eigenvalue weighted by molar-refractivity contribution is -0.384. The SMILES string of the molecule is COc1ccc(COCCC(O)CCC/C=C/C(=O)Sc2ccc([N+](=O)[O-])cc2)cc1. The number of unbranched alkanes of at least 4 members (excludes halogenated alkanes) is 1. The van der Waals surface area contributed by atoms with Crippen LogP contribution in [0.3, 0.4) is 0 Å². The number of carbonyl (C=O) groups is 1. The van der Waals surface area contributed by atoms with Crippen molar-refractivity contribution in [1.82, 2.24) is 0 Å². The third kappa shape index (κ3) is 9.78. The molecule has 0 bridgehead atoms. The number of aliphatic hydroxyl groups excluding tert-OH is 1. The fraction of sp³-hybridized carbons (Fsp3) is 0.348. The minimum Gasteiger partial charge on any atom is -0.497 e. The van der Waals surface area contributed by atoms with Crippen LogP contribution < -0.4 is 4.74 Å². The number of ether oxygens (including phenoxy) is 2. The highest BCUT2D eigenvalue weighted by molar-refractivity contribution is 8.14. The molecule has 0 aromatic heterocycles. The van der Waals surface area contributed by atoms with Gasteiger partial charge in [-0.25, -0.2) is 0 Å². The predicted molar refractivity (Wildman–Crippen MR) is 120 cm³/mol. The minimum atomic E-state index is -0.475. The second-order valence-corrected chi connectivity index (χ2v) is 7.93. The van der Waals surface area contributed by atoms with E-state index in [0.717, 1.165) is 29.5 Å². The summed E-state index contributed by atoms with van der Waals surface area (Å²) < 4.78 is 10.7. The number of aliphatic hydroxyl groups is 1. The van der Waals surface area contributed by atoms with Crippen LogP contribution in [0, 0.1) is 10.1 Å². The lowest BCUT2D eigenvalue weighted by Gasteiger charge is -2.10. The highest BCUT2D eigenvalue weighted by atomic mass is 32.2. The zero-order valence-corrected chi connectivity index (χ0v) is 18.3. The van der Waals surface area contributed by atoms with E-state index in [1.54, 1.807) is 25.3 Å². The van der Waals surface area contributed by atoms with Crippen molar-refractivity contribution in [2.24, 2.45) is 0 Å². The molecule has 0 fully saturated rings. The summed E-state index contributed by atoms with van der Waals surface area (Å²) in [6.45, 7) is 0.974. The highest BCUT2D eigenvalue weighted by Crippen LogP contribution is 2.22. The summed E-state index contributed by atoms with van der Waals surface area (Å²) in [5, 5.41) is 20.5. The van der Waals surface area contributed by atoms with Gasteiger partial charge in [0.25, 0.3) is 5.69 Å². The molecule has 2 aromatic rings. The third-order valence-electron chi connectivity index (χ3n) is 4.45. The Labute approximate surface area is 186 Å². The smallest absolute Gasteiger partial charge is 0.269 e. The van der Waals surface area contributed by atoms with Gasteiger partial charge >= 0.3 is 0 Å². The number of thioether (sulfide) groups is 1. The van der Waals surface area contributed by atoms with Gasteiger partial charge in [0.1, 0.15) is 5.75 Å². The second-order valence-electron chi connectivity index (χ2n) is 6.85. The van der Waals surface area contributed by atoms with Crippen LogP contribution in [0.25, 0.3) is 0 Å². The van der Waals surface area contributed by atoms with E-state index < -0.39 is 11.0 Å². The molecule has 2 aromatic carbocycles. The van der Waals surface area contributed by atoms with Crippen molar-refractivity contribution in [3.63, 3.8) is 0 Å².